The van der Waals surface area contributed by atoms with Gasteiger partial charge >= 0.3 is 0 Å². The minimum Gasteiger partial charge on any atom is -0.497 e. The van der Waals surface area contributed by atoms with Crippen molar-refractivity contribution in [2.45, 2.75) is 56.5 Å². The van der Waals surface area contributed by atoms with E-state index < -0.39 is 0 Å². The van der Waals surface area contributed by atoms with E-state index in [0.29, 0.717) is 27.4 Å². The fourth-order valence-electron chi connectivity index (χ4n) is 4.96. The van der Waals surface area contributed by atoms with E-state index >= 15 is 0 Å². The quantitative estimate of drug-likeness (QED) is 0.243. The van der Waals surface area contributed by atoms with Crippen molar-refractivity contribution >= 4 is 28.6 Å². The molecular weight excluding hydrogens is 482 g/mol. The maximum atomic E-state index is 13.8. The number of aryl methyl sites for hydroxylation is 2. The van der Waals surface area contributed by atoms with Gasteiger partial charge in [0.25, 0.3) is 11.5 Å². The van der Waals surface area contributed by atoms with E-state index in [2.05, 4.69) is 11.4 Å². The Morgan fingerprint density at radius 1 is 1.05 bits per heavy atom. The lowest BCUT2D eigenvalue weighted by Gasteiger charge is -2.16. The number of methoxy groups -OCH3 is 1. The Balaban J connectivity index is 1.57. The normalized spacial score (nSPS) is 13.7. The molecule has 190 valence electrons. The van der Waals surface area contributed by atoms with Gasteiger partial charge < -0.3 is 10.1 Å². The number of benzene rings is 3. The molecule has 1 aliphatic carbocycles. The van der Waals surface area contributed by atoms with Crippen LogP contribution in [0.5, 0.6) is 5.75 Å². The second-order valence-corrected chi connectivity index (χ2v) is 10.7. The van der Waals surface area contributed by atoms with Gasteiger partial charge in [0.15, 0.2) is 5.16 Å². The molecule has 3 aromatic carbocycles. The van der Waals surface area contributed by atoms with Crippen LogP contribution >= 0.6 is 11.8 Å². The van der Waals surface area contributed by atoms with Crippen LogP contribution in [0.1, 0.15) is 52.7 Å². The van der Waals surface area contributed by atoms with E-state index in [-0.39, 0.29) is 17.5 Å². The lowest BCUT2D eigenvalue weighted by Crippen LogP contribution is -2.32. The Hall–Kier alpha value is -3.58. The highest BCUT2D eigenvalue weighted by Crippen LogP contribution is 2.27. The molecule has 0 atom stereocenters. The van der Waals surface area contributed by atoms with Crippen LogP contribution in [0, 0.1) is 13.8 Å². The Kier molecular flexibility index (Phi) is 7.33. The molecule has 0 unspecified atom stereocenters. The van der Waals surface area contributed by atoms with Gasteiger partial charge in [-0.1, -0.05) is 42.8 Å². The average molecular weight is 514 g/mol. The van der Waals surface area contributed by atoms with Crippen molar-refractivity contribution in [1.82, 2.24) is 14.9 Å². The molecule has 1 fully saturated rings. The number of thioether (sulfide) groups is 1. The molecule has 37 heavy (non-hydrogen) atoms. The zero-order valence-electron chi connectivity index (χ0n) is 21.4. The lowest BCUT2D eigenvalue weighted by molar-refractivity contribution is 0.0938. The van der Waals surface area contributed by atoms with Gasteiger partial charge in [0.1, 0.15) is 5.75 Å². The first kappa shape index (κ1) is 25.1. The number of carbonyl (C=O) groups is 1. The molecule has 0 bridgehead atoms. The lowest BCUT2D eigenvalue weighted by atomic mass is 10.1. The van der Waals surface area contributed by atoms with Gasteiger partial charge in [-0.3, -0.25) is 14.2 Å². The molecule has 1 heterocycles. The van der Waals surface area contributed by atoms with Crippen LogP contribution in [-0.2, 0) is 5.75 Å². The number of aromatic nitrogens is 2. The Morgan fingerprint density at radius 2 is 1.81 bits per heavy atom. The second-order valence-electron chi connectivity index (χ2n) is 9.71. The molecule has 5 rings (SSSR count). The minimum atomic E-state index is -0.147. The van der Waals surface area contributed by atoms with Crippen LogP contribution in [0.15, 0.2) is 70.6 Å². The maximum Gasteiger partial charge on any atom is 0.266 e. The average Bonchev–Trinajstić information content (AvgIpc) is 3.39. The number of hydrogen-bond donors (Lipinski definition) is 1. The fraction of sp³-hybridized carbons (Fsp3) is 0.300. The number of amides is 1. The van der Waals surface area contributed by atoms with Gasteiger partial charge in [0, 0.05) is 17.4 Å². The number of nitrogens with one attached hydrogen (secondary N) is 1. The van der Waals surface area contributed by atoms with Crippen molar-refractivity contribution in [2.75, 3.05) is 7.11 Å². The number of hydrogen-bond acceptors (Lipinski definition) is 5. The van der Waals surface area contributed by atoms with E-state index in [9.17, 15) is 9.59 Å². The summed E-state index contributed by atoms with van der Waals surface area (Å²) in [5.41, 5.74) is 4.90. The standard InChI is InChI=1S/C30H31N3O3S/c1-19-13-20(2)15-24(14-19)33-29(35)26-12-11-22(28(34)31-23-8-4-5-9-23)17-27(26)32-30(33)37-18-21-7-6-10-25(16-21)36-3/h6-7,10-17,23H,4-5,8-9,18H2,1-3H3,(H,31,34). The van der Waals surface area contributed by atoms with Crippen LogP contribution in [-0.4, -0.2) is 28.6 Å². The highest BCUT2D eigenvalue weighted by atomic mass is 32.2. The van der Waals surface area contributed by atoms with Gasteiger partial charge in [-0.15, -0.1) is 0 Å². The summed E-state index contributed by atoms with van der Waals surface area (Å²) in [5.74, 6) is 1.29. The number of nitrogens with zero attached hydrogens (tertiary/aromatic N) is 2. The first-order chi connectivity index (χ1) is 17.9. The van der Waals surface area contributed by atoms with Crippen molar-refractivity contribution < 1.29 is 9.53 Å². The zero-order chi connectivity index (χ0) is 25.9. The van der Waals surface area contributed by atoms with Crippen LogP contribution in [0.3, 0.4) is 0 Å². The van der Waals surface area contributed by atoms with Gasteiger partial charge in [0.2, 0.25) is 0 Å². The molecule has 1 N–H and O–H groups in total. The summed E-state index contributed by atoms with van der Waals surface area (Å²) in [6.07, 6.45) is 4.33. The molecule has 1 amide bonds. The third-order valence-corrected chi connectivity index (χ3v) is 7.77. The summed E-state index contributed by atoms with van der Waals surface area (Å²) in [4.78, 5) is 31.7. The SMILES string of the molecule is COc1cccc(CSc2nc3cc(C(=O)NC4CCCC4)ccc3c(=O)n2-c2cc(C)cc(C)c2)c1. The summed E-state index contributed by atoms with van der Waals surface area (Å²) in [5, 5.41) is 4.20. The van der Waals surface area contributed by atoms with Gasteiger partial charge in [-0.25, -0.2) is 4.98 Å². The fourth-order valence-corrected chi connectivity index (χ4v) is 5.92. The summed E-state index contributed by atoms with van der Waals surface area (Å²) < 4.78 is 7.05. The Morgan fingerprint density at radius 3 is 2.54 bits per heavy atom. The molecule has 1 saturated carbocycles. The Labute approximate surface area is 221 Å². The molecule has 0 saturated heterocycles. The number of ether oxygens (including phenoxy) is 1. The third kappa shape index (κ3) is 5.57. The predicted molar refractivity (Wildman–Crippen MR) is 149 cm³/mol. The van der Waals surface area contributed by atoms with E-state index in [1.165, 1.54) is 11.8 Å². The van der Waals surface area contributed by atoms with Gasteiger partial charge in [-0.05, 0) is 85.8 Å². The van der Waals surface area contributed by atoms with Gasteiger partial charge in [-0.2, -0.15) is 0 Å². The Bertz CT molecular complexity index is 1500. The third-order valence-electron chi connectivity index (χ3n) is 6.76. The largest absolute Gasteiger partial charge is 0.497 e. The van der Waals surface area contributed by atoms with E-state index in [1.807, 2.05) is 50.2 Å². The van der Waals surface area contributed by atoms with Gasteiger partial charge in [0.05, 0.1) is 23.7 Å². The van der Waals surface area contributed by atoms with Crippen molar-refractivity contribution in [2.24, 2.45) is 0 Å². The molecule has 0 aliphatic heterocycles. The van der Waals surface area contributed by atoms with Crippen molar-refractivity contribution in [3.05, 3.63) is 93.3 Å². The topological polar surface area (TPSA) is 73.2 Å². The van der Waals surface area contributed by atoms with E-state index in [4.69, 9.17) is 9.72 Å². The molecule has 1 aromatic heterocycles. The highest BCUT2D eigenvalue weighted by molar-refractivity contribution is 7.98. The number of carbonyl (C=O) groups excluding carboxylic acids is 1. The summed E-state index contributed by atoms with van der Waals surface area (Å²) in [6.45, 7) is 4.04. The van der Waals surface area contributed by atoms with E-state index in [0.717, 1.165) is 53.8 Å². The molecule has 7 heteroatoms. The summed E-state index contributed by atoms with van der Waals surface area (Å²) in [6, 6.07) is 19.4. The molecule has 6 nitrogen and oxygen atoms in total. The zero-order valence-corrected chi connectivity index (χ0v) is 22.2. The molecule has 0 spiro atoms. The predicted octanol–water partition coefficient (Wildman–Crippen LogP) is 5.98. The monoisotopic (exact) mass is 513 g/mol. The first-order valence-electron chi connectivity index (χ1n) is 12.6. The smallest absolute Gasteiger partial charge is 0.266 e. The summed E-state index contributed by atoms with van der Waals surface area (Å²) >= 11 is 1.49. The number of fused-ring (bicyclic) bond motifs is 1. The van der Waals surface area contributed by atoms with Crippen molar-refractivity contribution in [3.63, 3.8) is 0 Å². The first-order valence-corrected chi connectivity index (χ1v) is 13.6. The van der Waals surface area contributed by atoms with Crippen LogP contribution < -0.4 is 15.6 Å². The molecule has 1 aliphatic rings. The second kappa shape index (κ2) is 10.8. The molecular formula is C30H31N3O3S. The van der Waals surface area contributed by atoms with Crippen molar-refractivity contribution in [1.29, 1.82) is 0 Å². The highest BCUT2D eigenvalue weighted by Gasteiger charge is 2.20. The maximum absolute atomic E-state index is 13.8. The van der Waals surface area contributed by atoms with Crippen molar-refractivity contribution in [3.8, 4) is 11.4 Å². The van der Waals surface area contributed by atoms with Crippen LogP contribution in [0.4, 0.5) is 0 Å². The molecule has 0 radical (unpaired) electrons. The minimum absolute atomic E-state index is 0.111. The summed E-state index contributed by atoms with van der Waals surface area (Å²) in [7, 11) is 1.65. The number of rotatable bonds is 7. The molecule has 4 aromatic rings. The van der Waals surface area contributed by atoms with Crippen LogP contribution in [0.25, 0.3) is 16.6 Å². The van der Waals surface area contributed by atoms with Crippen LogP contribution in [0.2, 0.25) is 0 Å². The van der Waals surface area contributed by atoms with E-state index in [1.54, 1.807) is 29.9 Å².